The van der Waals surface area contributed by atoms with E-state index in [9.17, 15) is 4.79 Å². The van der Waals surface area contributed by atoms with Gasteiger partial charge >= 0.3 is 0 Å². The van der Waals surface area contributed by atoms with Crippen molar-refractivity contribution >= 4 is 18.3 Å². The minimum Gasteiger partial charge on any atom is -0.340 e. The lowest BCUT2D eigenvalue weighted by Gasteiger charge is -2.37. The largest absolute Gasteiger partial charge is 0.340 e. The maximum atomic E-state index is 12.0. The molecule has 0 aromatic rings. The van der Waals surface area contributed by atoms with Crippen LogP contribution >= 0.6 is 12.4 Å². The SMILES string of the molecule is CC1CN(C(=O)CC(C)(C)C)CC(C)N1.Cl. The molecule has 16 heavy (non-hydrogen) atoms. The summed E-state index contributed by atoms with van der Waals surface area (Å²) in [6, 6.07) is 0.829. The fraction of sp³-hybridized carbons (Fsp3) is 0.917. The van der Waals surface area contributed by atoms with E-state index in [0.717, 1.165) is 13.1 Å². The third-order valence-corrected chi connectivity index (χ3v) is 2.59. The summed E-state index contributed by atoms with van der Waals surface area (Å²) >= 11 is 0. The Kier molecular flexibility index (Phi) is 5.77. The number of carbonyl (C=O) groups is 1. The average molecular weight is 249 g/mol. The molecule has 0 aromatic heterocycles. The van der Waals surface area contributed by atoms with Crippen molar-refractivity contribution in [2.45, 2.75) is 53.1 Å². The number of hydrogen-bond donors (Lipinski definition) is 1. The molecule has 1 N–H and O–H groups in total. The van der Waals surface area contributed by atoms with Crippen LogP contribution < -0.4 is 5.32 Å². The molecule has 4 heteroatoms. The second-order valence-corrected chi connectivity index (χ2v) is 6.00. The highest BCUT2D eigenvalue weighted by atomic mass is 35.5. The van der Waals surface area contributed by atoms with Crippen LogP contribution in [-0.2, 0) is 4.79 Å². The molecular weight excluding hydrogens is 224 g/mol. The molecule has 2 unspecified atom stereocenters. The smallest absolute Gasteiger partial charge is 0.223 e. The number of carbonyl (C=O) groups excluding carboxylic acids is 1. The Hall–Kier alpha value is -0.280. The Bertz CT molecular complexity index is 228. The molecule has 1 aliphatic heterocycles. The zero-order valence-electron chi connectivity index (χ0n) is 11.0. The van der Waals surface area contributed by atoms with Gasteiger partial charge in [-0.05, 0) is 19.3 Å². The van der Waals surface area contributed by atoms with Gasteiger partial charge in [0.2, 0.25) is 5.91 Å². The molecule has 1 amide bonds. The number of hydrogen-bond acceptors (Lipinski definition) is 2. The predicted octanol–water partition coefficient (Wildman–Crippen LogP) is 2.05. The summed E-state index contributed by atoms with van der Waals surface area (Å²) in [5, 5.41) is 3.43. The zero-order chi connectivity index (χ0) is 11.6. The van der Waals surface area contributed by atoms with Crippen molar-refractivity contribution in [2.75, 3.05) is 13.1 Å². The molecule has 1 aliphatic rings. The maximum Gasteiger partial charge on any atom is 0.223 e. The third kappa shape index (κ3) is 5.17. The molecule has 1 fully saturated rings. The number of amides is 1. The first-order valence-electron chi connectivity index (χ1n) is 5.82. The minimum atomic E-state index is 0. The monoisotopic (exact) mass is 248 g/mol. The van der Waals surface area contributed by atoms with Gasteiger partial charge in [0.05, 0.1) is 0 Å². The summed E-state index contributed by atoms with van der Waals surface area (Å²) in [5.41, 5.74) is 0.0917. The lowest BCUT2D eigenvalue weighted by molar-refractivity contribution is -0.134. The van der Waals surface area contributed by atoms with E-state index in [1.165, 1.54) is 0 Å². The van der Waals surface area contributed by atoms with Crippen LogP contribution in [-0.4, -0.2) is 36.0 Å². The second kappa shape index (κ2) is 5.87. The highest BCUT2D eigenvalue weighted by Crippen LogP contribution is 2.20. The summed E-state index contributed by atoms with van der Waals surface area (Å²) < 4.78 is 0. The van der Waals surface area contributed by atoms with Gasteiger partial charge < -0.3 is 10.2 Å². The molecule has 1 rings (SSSR count). The Labute approximate surface area is 105 Å². The summed E-state index contributed by atoms with van der Waals surface area (Å²) in [4.78, 5) is 14.0. The number of rotatable bonds is 1. The summed E-state index contributed by atoms with van der Waals surface area (Å²) in [5.74, 6) is 0.294. The quantitative estimate of drug-likeness (QED) is 0.771. The van der Waals surface area contributed by atoms with Crippen molar-refractivity contribution in [1.29, 1.82) is 0 Å². The molecule has 0 saturated carbocycles. The Balaban J connectivity index is 0.00000225. The van der Waals surface area contributed by atoms with Crippen LogP contribution in [0.15, 0.2) is 0 Å². The fourth-order valence-electron chi connectivity index (χ4n) is 2.10. The van der Waals surface area contributed by atoms with E-state index >= 15 is 0 Å². The maximum absolute atomic E-state index is 12.0. The second-order valence-electron chi connectivity index (χ2n) is 6.00. The van der Waals surface area contributed by atoms with Crippen LogP contribution in [0.3, 0.4) is 0 Å². The molecule has 0 radical (unpaired) electrons. The van der Waals surface area contributed by atoms with E-state index in [-0.39, 0.29) is 17.8 Å². The van der Waals surface area contributed by atoms with E-state index in [1.54, 1.807) is 0 Å². The van der Waals surface area contributed by atoms with Gasteiger partial charge in [-0.2, -0.15) is 0 Å². The van der Waals surface area contributed by atoms with Crippen LogP contribution in [0.1, 0.15) is 41.0 Å². The van der Waals surface area contributed by atoms with Crippen molar-refractivity contribution in [3.8, 4) is 0 Å². The number of halogens is 1. The van der Waals surface area contributed by atoms with E-state index in [1.807, 2.05) is 4.90 Å². The Morgan fingerprint density at radius 1 is 1.25 bits per heavy atom. The molecule has 1 saturated heterocycles. The van der Waals surface area contributed by atoms with Crippen molar-refractivity contribution in [3.63, 3.8) is 0 Å². The minimum absolute atomic E-state index is 0. The van der Waals surface area contributed by atoms with Gasteiger partial charge in [0.1, 0.15) is 0 Å². The van der Waals surface area contributed by atoms with Crippen LogP contribution in [0.4, 0.5) is 0 Å². The Morgan fingerprint density at radius 3 is 2.06 bits per heavy atom. The normalized spacial score (nSPS) is 26.2. The summed E-state index contributed by atoms with van der Waals surface area (Å²) in [7, 11) is 0. The van der Waals surface area contributed by atoms with Gasteiger partial charge in [-0.3, -0.25) is 4.79 Å². The van der Waals surface area contributed by atoms with Gasteiger partial charge in [0.25, 0.3) is 0 Å². The van der Waals surface area contributed by atoms with Gasteiger partial charge in [-0.25, -0.2) is 0 Å². The van der Waals surface area contributed by atoms with Crippen molar-refractivity contribution in [1.82, 2.24) is 10.2 Å². The summed E-state index contributed by atoms with van der Waals surface area (Å²) in [6.45, 7) is 12.3. The number of nitrogens with one attached hydrogen (secondary N) is 1. The number of nitrogens with zero attached hydrogens (tertiary/aromatic N) is 1. The topological polar surface area (TPSA) is 32.3 Å². The first-order chi connectivity index (χ1) is 6.78. The first kappa shape index (κ1) is 15.7. The third-order valence-electron chi connectivity index (χ3n) is 2.59. The van der Waals surface area contributed by atoms with Crippen LogP contribution in [0.5, 0.6) is 0 Å². The van der Waals surface area contributed by atoms with Gasteiger partial charge in [0, 0.05) is 31.6 Å². The molecule has 0 aliphatic carbocycles. The molecule has 96 valence electrons. The molecular formula is C12H25ClN2O. The molecule has 1 heterocycles. The molecule has 0 aromatic carbocycles. The molecule has 2 atom stereocenters. The lowest BCUT2D eigenvalue weighted by Crippen LogP contribution is -2.56. The van der Waals surface area contributed by atoms with E-state index in [2.05, 4.69) is 39.9 Å². The molecule has 0 spiro atoms. The number of piperazine rings is 1. The van der Waals surface area contributed by atoms with Crippen molar-refractivity contribution in [3.05, 3.63) is 0 Å². The van der Waals surface area contributed by atoms with Gasteiger partial charge in [-0.15, -0.1) is 12.4 Å². The van der Waals surface area contributed by atoms with Crippen molar-refractivity contribution < 1.29 is 4.79 Å². The Morgan fingerprint density at radius 2 is 1.69 bits per heavy atom. The average Bonchev–Trinajstić information content (AvgIpc) is 1.98. The molecule has 3 nitrogen and oxygen atoms in total. The zero-order valence-corrected chi connectivity index (χ0v) is 11.9. The van der Waals surface area contributed by atoms with E-state index < -0.39 is 0 Å². The lowest BCUT2D eigenvalue weighted by atomic mass is 9.91. The highest BCUT2D eigenvalue weighted by Gasteiger charge is 2.27. The van der Waals surface area contributed by atoms with Crippen molar-refractivity contribution in [2.24, 2.45) is 5.41 Å². The van der Waals surface area contributed by atoms with Crippen LogP contribution in [0.25, 0.3) is 0 Å². The van der Waals surface area contributed by atoms with Crippen LogP contribution in [0, 0.1) is 5.41 Å². The molecule has 0 bridgehead atoms. The fourth-order valence-corrected chi connectivity index (χ4v) is 2.10. The predicted molar refractivity (Wildman–Crippen MR) is 70.0 cm³/mol. The summed E-state index contributed by atoms with van der Waals surface area (Å²) in [6.07, 6.45) is 0.645. The first-order valence-corrected chi connectivity index (χ1v) is 5.82. The van der Waals surface area contributed by atoms with Gasteiger partial charge in [-0.1, -0.05) is 20.8 Å². The van der Waals surface area contributed by atoms with Crippen LogP contribution in [0.2, 0.25) is 0 Å². The van der Waals surface area contributed by atoms with Gasteiger partial charge in [0.15, 0.2) is 0 Å². The van der Waals surface area contributed by atoms with E-state index in [0.29, 0.717) is 24.4 Å². The van der Waals surface area contributed by atoms with E-state index in [4.69, 9.17) is 0 Å². The standard InChI is InChI=1S/C12H24N2O.ClH/c1-9-7-14(8-10(2)13-9)11(15)6-12(3,4)5;/h9-10,13H,6-8H2,1-5H3;1H. The highest BCUT2D eigenvalue weighted by molar-refractivity contribution is 5.85.